The molecular weight excluding hydrogens is 477 g/mol. The number of aromatic nitrogens is 2. The van der Waals surface area contributed by atoms with Crippen molar-refractivity contribution in [2.75, 3.05) is 13.1 Å². The van der Waals surface area contributed by atoms with Crippen LogP contribution < -0.4 is 5.32 Å². The molecule has 180 valence electrons. The van der Waals surface area contributed by atoms with E-state index >= 15 is 0 Å². The van der Waals surface area contributed by atoms with Crippen LogP contribution in [-0.2, 0) is 19.5 Å². The molecule has 1 amide bonds. The average Bonchev–Trinajstić information content (AvgIpc) is 3.21. The van der Waals surface area contributed by atoms with Crippen molar-refractivity contribution in [3.05, 3.63) is 106 Å². The summed E-state index contributed by atoms with van der Waals surface area (Å²) in [6.07, 6.45) is 6.26. The molecule has 1 aliphatic rings. The number of rotatable bonds is 5. The minimum Gasteiger partial charge on any atom is -0.333 e. The van der Waals surface area contributed by atoms with Crippen molar-refractivity contribution in [3.63, 3.8) is 0 Å². The zero-order valence-corrected chi connectivity index (χ0v) is 20.2. The summed E-state index contributed by atoms with van der Waals surface area (Å²) in [4.78, 5) is 19.2. The number of hydrogen-bond acceptors (Lipinski definition) is 4. The Kier molecular flexibility index (Phi) is 6.81. The molecule has 1 N–H and O–H groups in total. The molecule has 6 nitrogen and oxygen atoms in total. The highest BCUT2D eigenvalue weighted by Gasteiger charge is 2.26. The Morgan fingerprint density at radius 2 is 2.03 bits per heavy atom. The first-order valence-corrected chi connectivity index (χ1v) is 12.0. The van der Waals surface area contributed by atoms with Crippen LogP contribution >= 0.6 is 11.6 Å². The van der Waals surface area contributed by atoms with Gasteiger partial charge >= 0.3 is 6.03 Å². The standard InChI is InChI=1S/C28H23ClFN5O/c29-22-6-3-19(4-7-22)2-1-12-34-13-10-26-24(18-34)23-14-20(16-31)5-8-25(23)35(26)28(36)33-17-21-9-11-32-27(30)15-21/h1-9,11,14-15H,10,12-13,17-18H2,(H,33,36)/b2-1+. The molecule has 0 bridgehead atoms. The largest absolute Gasteiger partial charge is 0.333 e. The summed E-state index contributed by atoms with van der Waals surface area (Å²) < 4.78 is 15.1. The molecule has 0 unspecified atom stereocenters. The van der Waals surface area contributed by atoms with Gasteiger partial charge in [0, 0.05) is 54.9 Å². The number of carbonyl (C=O) groups excluding carboxylic acids is 1. The fraction of sp³-hybridized carbons (Fsp3) is 0.179. The summed E-state index contributed by atoms with van der Waals surface area (Å²) in [5.74, 6) is -0.584. The van der Waals surface area contributed by atoms with Crippen LogP contribution in [0.3, 0.4) is 0 Å². The van der Waals surface area contributed by atoms with Gasteiger partial charge in [0.05, 0.1) is 17.1 Å². The first-order valence-electron chi connectivity index (χ1n) is 11.6. The minimum atomic E-state index is -0.584. The molecule has 0 radical (unpaired) electrons. The lowest BCUT2D eigenvalue weighted by atomic mass is 10.0. The number of nitriles is 1. The highest BCUT2D eigenvalue weighted by Crippen LogP contribution is 2.31. The normalized spacial score (nSPS) is 13.6. The fourth-order valence-electron chi connectivity index (χ4n) is 4.59. The van der Waals surface area contributed by atoms with E-state index in [4.69, 9.17) is 11.6 Å². The second-order valence-electron chi connectivity index (χ2n) is 8.69. The van der Waals surface area contributed by atoms with E-state index in [9.17, 15) is 14.4 Å². The maximum absolute atomic E-state index is 13.4. The van der Waals surface area contributed by atoms with Gasteiger partial charge in [-0.15, -0.1) is 0 Å². The summed E-state index contributed by atoms with van der Waals surface area (Å²) in [7, 11) is 0. The second-order valence-corrected chi connectivity index (χ2v) is 9.13. The van der Waals surface area contributed by atoms with Gasteiger partial charge in [0.25, 0.3) is 0 Å². The second kappa shape index (κ2) is 10.3. The van der Waals surface area contributed by atoms with Crippen LogP contribution in [0.2, 0.25) is 5.02 Å². The van der Waals surface area contributed by atoms with E-state index in [1.165, 1.54) is 12.3 Å². The van der Waals surface area contributed by atoms with E-state index in [0.29, 0.717) is 29.1 Å². The Labute approximate surface area is 213 Å². The number of amides is 1. The molecule has 1 aliphatic heterocycles. The summed E-state index contributed by atoms with van der Waals surface area (Å²) in [6.45, 7) is 2.40. The summed E-state index contributed by atoms with van der Waals surface area (Å²) in [5, 5.41) is 14.0. The van der Waals surface area contributed by atoms with Gasteiger partial charge in [-0.25, -0.2) is 9.78 Å². The van der Waals surface area contributed by atoms with E-state index in [1.54, 1.807) is 16.7 Å². The zero-order chi connectivity index (χ0) is 25.1. The molecule has 0 saturated carbocycles. The van der Waals surface area contributed by atoms with Gasteiger partial charge in [-0.05, 0) is 59.2 Å². The lowest BCUT2D eigenvalue weighted by Crippen LogP contribution is -2.34. The lowest BCUT2D eigenvalue weighted by Gasteiger charge is -2.27. The van der Waals surface area contributed by atoms with Crippen LogP contribution in [0.4, 0.5) is 9.18 Å². The molecule has 0 saturated heterocycles. The molecule has 0 spiro atoms. The number of hydrogen-bond donors (Lipinski definition) is 1. The highest BCUT2D eigenvalue weighted by atomic mass is 35.5. The first kappa shape index (κ1) is 23.7. The topological polar surface area (TPSA) is 74.0 Å². The maximum Gasteiger partial charge on any atom is 0.326 e. The van der Waals surface area contributed by atoms with Crippen LogP contribution in [0.5, 0.6) is 0 Å². The number of nitrogens with zero attached hydrogens (tertiary/aromatic N) is 4. The third kappa shape index (κ3) is 5.01. The van der Waals surface area contributed by atoms with Gasteiger partial charge in [0.1, 0.15) is 0 Å². The molecule has 3 heterocycles. The van der Waals surface area contributed by atoms with Gasteiger partial charge < -0.3 is 5.32 Å². The Morgan fingerprint density at radius 1 is 1.19 bits per heavy atom. The summed E-state index contributed by atoms with van der Waals surface area (Å²) in [6, 6.07) is 18.0. The van der Waals surface area contributed by atoms with Crippen LogP contribution in [-0.4, -0.2) is 33.6 Å². The Bertz CT molecular complexity index is 1500. The number of fused-ring (bicyclic) bond motifs is 3. The van der Waals surface area contributed by atoms with E-state index in [0.717, 1.165) is 40.8 Å². The number of halogens is 2. The SMILES string of the molecule is N#Cc1ccc2c(c1)c1c(n2C(=O)NCc2ccnc(F)c2)CCN(C/C=C/c2ccc(Cl)cc2)C1. The third-order valence-electron chi connectivity index (χ3n) is 6.34. The molecule has 0 atom stereocenters. The fourth-order valence-corrected chi connectivity index (χ4v) is 4.72. The van der Waals surface area contributed by atoms with Crippen molar-refractivity contribution in [3.8, 4) is 6.07 Å². The molecule has 2 aromatic heterocycles. The van der Waals surface area contributed by atoms with Gasteiger partial charge in [-0.1, -0.05) is 35.9 Å². The summed E-state index contributed by atoms with van der Waals surface area (Å²) in [5.41, 5.74) is 5.02. The van der Waals surface area contributed by atoms with Crippen molar-refractivity contribution in [1.82, 2.24) is 19.8 Å². The smallest absolute Gasteiger partial charge is 0.326 e. The predicted octanol–water partition coefficient (Wildman–Crippen LogP) is 5.53. The van der Waals surface area contributed by atoms with Crippen molar-refractivity contribution < 1.29 is 9.18 Å². The van der Waals surface area contributed by atoms with Crippen LogP contribution in [0.15, 0.2) is 66.9 Å². The van der Waals surface area contributed by atoms with Crippen LogP contribution in [0.1, 0.15) is 27.9 Å². The molecule has 8 heteroatoms. The molecule has 5 rings (SSSR count). The van der Waals surface area contributed by atoms with Gasteiger partial charge in [-0.3, -0.25) is 9.47 Å². The van der Waals surface area contributed by atoms with E-state index in [2.05, 4.69) is 33.4 Å². The molecule has 0 fully saturated rings. The summed E-state index contributed by atoms with van der Waals surface area (Å²) >= 11 is 5.97. The predicted molar refractivity (Wildman–Crippen MR) is 138 cm³/mol. The van der Waals surface area contributed by atoms with Crippen LogP contribution in [0, 0.1) is 17.3 Å². The zero-order valence-electron chi connectivity index (χ0n) is 19.4. The monoisotopic (exact) mass is 499 g/mol. The van der Waals surface area contributed by atoms with Crippen LogP contribution in [0.25, 0.3) is 17.0 Å². The molecule has 36 heavy (non-hydrogen) atoms. The number of benzene rings is 2. The Morgan fingerprint density at radius 3 is 2.81 bits per heavy atom. The number of carbonyl (C=O) groups is 1. The third-order valence-corrected chi connectivity index (χ3v) is 6.59. The molecule has 0 aliphatic carbocycles. The quantitative estimate of drug-likeness (QED) is 0.366. The van der Waals surface area contributed by atoms with Gasteiger partial charge in [0.2, 0.25) is 5.95 Å². The molecular formula is C28H23ClFN5O. The van der Waals surface area contributed by atoms with Crippen molar-refractivity contribution in [2.45, 2.75) is 19.5 Å². The highest BCUT2D eigenvalue weighted by molar-refractivity contribution is 6.30. The maximum atomic E-state index is 13.4. The van der Waals surface area contributed by atoms with Gasteiger partial charge in [-0.2, -0.15) is 9.65 Å². The Hall–Kier alpha value is -3.99. The van der Waals surface area contributed by atoms with Crippen molar-refractivity contribution >= 4 is 34.6 Å². The lowest BCUT2D eigenvalue weighted by molar-refractivity contribution is 0.240. The number of nitrogens with one attached hydrogen (secondary N) is 1. The van der Waals surface area contributed by atoms with Gasteiger partial charge in [0.15, 0.2) is 0 Å². The molecule has 2 aromatic carbocycles. The first-order chi connectivity index (χ1) is 17.5. The average molecular weight is 500 g/mol. The molecule has 4 aromatic rings. The van der Waals surface area contributed by atoms with E-state index in [1.807, 2.05) is 36.4 Å². The van der Waals surface area contributed by atoms with E-state index in [-0.39, 0.29) is 12.6 Å². The van der Waals surface area contributed by atoms with Crippen molar-refractivity contribution in [2.24, 2.45) is 0 Å². The van der Waals surface area contributed by atoms with E-state index < -0.39 is 5.95 Å². The Balaban J connectivity index is 1.39. The minimum absolute atomic E-state index is 0.185. The number of pyridine rings is 1. The van der Waals surface area contributed by atoms with Crippen molar-refractivity contribution in [1.29, 1.82) is 5.26 Å².